The molecule has 2 aromatic heterocycles. The van der Waals surface area contributed by atoms with E-state index in [9.17, 15) is 8.42 Å². The van der Waals surface area contributed by atoms with Gasteiger partial charge in [-0.05, 0) is 19.1 Å². The molecule has 0 radical (unpaired) electrons. The van der Waals surface area contributed by atoms with Gasteiger partial charge in [-0.1, -0.05) is 11.6 Å². The summed E-state index contributed by atoms with van der Waals surface area (Å²) in [4.78, 5) is 3.84. The van der Waals surface area contributed by atoms with Gasteiger partial charge in [-0.2, -0.15) is 4.98 Å². The lowest BCUT2D eigenvalue weighted by molar-refractivity contribution is 0.603. The first-order valence-corrected chi connectivity index (χ1v) is 6.82. The van der Waals surface area contributed by atoms with Crippen LogP contribution in [0.2, 0.25) is 4.34 Å². The van der Waals surface area contributed by atoms with Crippen molar-refractivity contribution in [3.05, 3.63) is 22.3 Å². The van der Waals surface area contributed by atoms with Crippen LogP contribution in [0.3, 0.4) is 0 Å². The van der Waals surface area contributed by atoms with Crippen LogP contribution in [-0.2, 0) is 10.0 Å². The van der Waals surface area contributed by atoms with E-state index in [0.717, 1.165) is 11.3 Å². The molecule has 2 aromatic rings. The number of nitrogens with one attached hydrogen (secondary N) is 2. The van der Waals surface area contributed by atoms with Crippen LogP contribution in [0, 0.1) is 6.92 Å². The van der Waals surface area contributed by atoms with Gasteiger partial charge in [0.15, 0.2) is 0 Å². The molecule has 0 amide bonds. The summed E-state index contributed by atoms with van der Waals surface area (Å²) in [5.41, 5.74) is 0. The fraction of sp³-hybridized carbons (Fsp3) is 0.143. The topological polar surface area (TPSA) is 87.7 Å². The molecule has 0 aliphatic heterocycles. The molecule has 0 fully saturated rings. The monoisotopic (exact) mass is 278 g/mol. The minimum absolute atomic E-state index is 0.0158. The van der Waals surface area contributed by atoms with Gasteiger partial charge in [0, 0.05) is 0 Å². The van der Waals surface area contributed by atoms with E-state index in [2.05, 4.69) is 19.9 Å². The fourth-order valence-electron chi connectivity index (χ4n) is 1.00. The fourth-order valence-corrected chi connectivity index (χ4v) is 3.43. The number of aromatic nitrogens is 3. The largest absolute Gasteiger partial charge is 0.273 e. The number of hydrogen-bond donors (Lipinski definition) is 2. The average Bonchev–Trinajstić information content (AvgIpc) is 2.75. The molecule has 0 spiro atoms. The molecule has 16 heavy (non-hydrogen) atoms. The molecule has 0 saturated heterocycles. The average molecular weight is 279 g/mol. The number of sulfonamides is 1. The lowest BCUT2D eigenvalue weighted by Gasteiger charge is -2.00. The lowest BCUT2D eigenvalue weighted by atomic mass is 10.7. The first-order chi connectivity index (χ1) is 7.47. The SMILES string of the molecule is Cc1nc(NS(=O)(=O)c2ccc(Cl)s2)n[nH]1. The van der Waals surface area contributed by atoms with Crippen LogP contribution >= 0.6 is 22.9 Å². The van der Waals surface area contributed by atoms with Gasteiger partial charge in [0.1, 0.15) is 10.0 Å². The molecule has 2 heterocycles. The van der Waals surface area contributed by atoms with E-state index in [1.165, 1.54) is 12.1 Å². The molecule has 0 atom stereocenters. The number of hydrogen-bond acceptors (Lipinski definition) is 5. The first kappa shape index (κ1) is 11.4. The second kappa shape index (κ2) is 4.04. The molecule has 0 aromatic carbocycles. The highest BCUT2D eigenvalue weighted by Crippen LogP contribution is 2.26. The van der Waals surface area contributed by atoms with Crippen LogP contribution in [0.25, 0.3) is 0 Å². The second-order valence-corrected chi connectivity index (χ2v) is 6.53. The van der Waals surface area contributed by atoms with Gasteiger partial charge >= 0.3 is 0 Å². The third-order valence-electron chi connectivity index (χ3n) is 1.64. The van der Waals surface area contributed by atoms with Gasteiger partial charge in [-0.15, -0.1) is 16.4 Å². The molecule has 0 saturated carbocycles. The van der Waals surface area contributed by atoms with E-state index in [0.29, 0.717) is 10.2 Å². The molecule has 2 N–H and O–H groups in total. The molecule has 2 rings (SSSR count). The zero-order valence-electron chi connectivity index (χ0n) is 8.06. The van der Waals surface area contributed by atoms with Crippen molar-refractivity contribution in [2.75, 3.05) is 4.72 Å². The van der Waals surface area contributed by atoms with Crippen molar-refractivity contribution in [3.63, 3.8) is 0 Å². The molecule has 0 bridgehead atoms. The molecule has 6 nitrogen and oxygen atoms in total. The number of halogens is 1. The Hall–Kier alpha value is -1.12. The van der Waals surface area contributed by atoms with Crippen LogP contribution in [0.4, 0.5) is 5.95 Å². The summed E-state index contributed by atoms with van der Waals surface area (Å²) >= 11 is 6.63. The maximum Gasteiger partial charge on any atom is 0.273 e. The number of nitrogens with zero attached hydrogens (tertiary/aromatic N) is 2. The number of anilines is 1. The van der Waals surface area contributed by atoms with Gasteiger partial charge in [-0.3, -0.25) is 5.10 Å². The van der Waals surface area contributed by atoms with Crippen LogP contribution < -0.4 is 4.72 Å². The first-order valence-electron chi connectivity index (χ1n) is 4.14. The van der Waals surface area contributed by atoms with E-state index < -0.39 is 10.0 Å². The summed E-state index contributed by atoms with van der Waals surface area (Å²) in [5, 5.41) is 6.22. The van der Waals surface area contributed by atoms with E-state index in [1.807, 2.05) is 0 Å². The third kappa shape index (κ3) is 2.34. The Morgan fingerprint density at radius 1 is 1.50 bits per heavy atom. The summed E-state index contributed by atoms with van der Waals surface area (Å²) < 4.78 is 26.3. The second-order valence-electron chi connectivity index (χ2n) is 2.91. The minimum atomic E-state index is -3.64. The Balaban J connectivity index is 2.27. The van der Waals surface area contributed by atoms with E-state index in [-0.39, 0.29) is 10.2 Å². The van der Waals surface area contributed by atoms with Crippen molar-refractivity contribution in [2.24, 2.45) is 0 Å². The van der Waals surface area contributed by atoms with Crippen molar-refractivity contribution < 1.29 is 8.42 Å². The molecule has 0 unspecified atom stereocenters. The lowest BCUT2D eigenvalue weighted by Crippen LogP contribution is -2.12. The van der Waals surface area contributed by atoms with Crippen molar-refractivity contribution in [2.45, 2.75) is 11.1 Å². The Morgan fingerprint density at radius 2 is 2.25 bits per heavy atom. The highest BCUT2D eigenvalue weighted by Gasteiger charge is 2.18. The standard InChI is InChI=1S/C7H7ClN4O2S2/c1-4-9-7(11-10-4)12-16(13,14)6-3-2-5(8)15-6/h2-3H,1H3,(H2,9,10,11,12). The maximum absolute atomic E-state index is 11.8. The predicted molar refractivity (Wildman–Crippen MR) is 61.3 cm³/mol. The van der Waals surface area contributed by atoms with E-state index >= 15 is 0 Å². The third-order valence-corrected chi connectivity index (χ3v) is 4.69. The van der Waals surface area contributed by atoms with Crippen molar-refractivity contribution in [1.82, 2.24) is 15.2 Å². The van der Waals surface area contributed by atoms with Gasteiger partial charge in [0.2, 0.25) is 0 Å². The zero-order chi connectivity index (χ0) is 11.8. The zero-order valence-corrected chi connectivity index (χ0v) is 10.4. The van der Waals surface area contributed by atoms with Gasteiger partial charge < -0.3 is 0 Å². The number of thiophene rings is 1. The van der Waals surface area contributed by atoms with Crippen molar-refractivity contribution in [1.29, 1.82) is 0 Å². The summed E-state index contributed by atoms with van der Waals surface area (Å²) in [7, 11) is -3.64. The highest BCUT2D eigenvalue weighted by atomic mass is 35.5. The van der Waals surface area contributed by atoms with E-state index in [1.54, 1.807) is 6.92 Å². The summed E-state index contributed by atoms with van der Waals surface area (Å²) in [6, 6.07) is 2.94. The van der Waals surface area contributed by atoms with Crippen LogP contribution in [0.1, 0.15) is 5.82 Å². The summed E-state index contributed by atoms with van der Waals surface area (Å²) in [6.07, 6.45) is 0. The van der Waals surface area contributed by atoms with Gasteiger partial charge in [0.25, 0.3) is 16.0 Å². The predicted octanol–water partition coefficient (Wildman–Crippen LogP) is 1.63. The summed E-state index contributed by atoms with van der Waals surface area (Å²) in [5.74, 6) is 0.545. The number of aryl methyl sites for hydroxylation is 1. The normalized spacial score (nSPS) is 11.6. The van der Waals surface area contributed by atoms with Crippen LogP contribution in [-0.4, -0.2) is 23.6 Å². The maximum atomic E-state index is 11.8. The van der Waals surface area contributed by atoms with Crippen molar-refractivity contribution >= 4 is 38.9 Å². The number of H-pyrrole nitrogens is 1. The van der Waals surface area contributed by atoms with Crippen LogP contribution in [0.5, 0.6) is 0 Å². The summed E-state index contributed by atoms with van der Waals surface area (Å²) in [6.45, 7) is 1.67. The van der Waals surface area contributed by atoms with Gasteiger partial charge in [0.05, 0.1) is 4.34 Å². The van der Waals surface area contributed by atoms with Crippen molar-refractivity contribution in [3.8, 4) is 0 Å². The van der Waals surface area contributed by atoms with E-state index in [4.69, 9.17) is 11.6 Å². The molecule has 0 aliphatic rings. The molecular formula is C7H7ClN4O2S2. The van der Waals surface area contributed by atoms with Gasteiger partial charge in [-0.25, -0.2) is 13.1 Å². The van der Waals surface area contributed by atoms with Crippen LogP contribution in [0.15, 0.2) is 16.3 Å². The minimum Gasteiger partial charge on any atom is -0.261 e. The molecular weight excluding hydrogens is 272 g/mol. The molecule has 86 valence electrons. The Bertz CT molecular complexity index is 603. The Morgan fingerprint density at radius 3 is 2.75 bits per heavy atom. The highest BCUT2D eigenvalue weighted by molar-refractivity contribution is 7.94. The Labute approximate surface area is 101 Å². The molecule has 0 aliphatic carbocycles. The molecule has 9 heteroatoms. The Kier molecular flexibility index (Phi) is 2.87. The number of rotatable bonds is 3. The number of aromatic amines is 1. The quantitative estimate of drug-likeness (QED) is 0.893. The smallest absolute Gasteiger partial charge is 0.261 e.